The molecule has 7 heteroatoms. The zero-order valence-corrected chi connectivity index (χ0v) is 15.6. The molecule has 0 atom stereocenters. The van der Waals surface area contributed by atoms with Gasteiger partial charge in [0.25, 0.3) is 0 Å². The van der Waals surface area contributed by atoms with Crippen molar-refractivity contribution in [1.82, 2.24) is 20.0 Å². The summed E-state index contributed by atoms with van der Waals surface area (Å²) in [7, 11) is 0. The molecular formula is C21H19N5O2. The highest BCUT2D eigenvalue weighted by atomic mass is 16.5. The maximum Gasteiger partial charge on any atom is 0.343 e. The van der Waals surface area contributed by atoms with Crippen LogP contribution in [0.15, 0.2) is 54.7 Å². The third kappa shape index (κ3) is 2.96. The Bertz CT molecular complexity index is 1170. The Balaban J connectivity index is 1.88. The summed E-state index contributed by atoms with van der Waals surface area (Å²) in [5.41, 5.74) is 9.28. The lowest BCUT2D eigenvalue weighted by Gasteiger charge is -2.11. The highest BCUT2D eigenvalue weighted by Crippen LogP contribution is 2.30. The number of hydrogen-bond acceptors (Lipinski definition) is 6. The molecule has 28 heavy (non-hydrogen) atoms. The fraction of sp³-hybridized carbons (Fsp3) is 0.143. The standard InChI is InChI=1S/C21H19N5O2/c1-3-28-21(27)17-12-23-26(19(17)22)20-16-7-5-4-6-15(16)18(24-25-20)14-10-8-13(2)9-11-14/h4-12H,3,22H2,1-2H3. The van der Waals surface area contributed by atoms with Gasteiger partial charge in [-0.25, -0.2) is 4.79 Å². The third-order valence-electron chi connectivity index (χ3n) is 4.50. The quantitative estimate of drug-likeness (QED) is 0.550. The van der Waals surface area contributed by atoms with Gasteiger partial charge >= 0.3 is 5.97 Å². The van der Waals surface area contributed by atoms with E-state index in [0.717, 1.165) is 22.0 Å². The highest BCUT2D eigenvalue weighted by Gasteiger charge is 2.20. The summed E-state index contributed by atoms with van der Waals surface area (Å²) in [4.78, 5) is 12.0. The van der Waals surface area contributed by atoms with Crippen molar-refractivity contribution in [3.05, 3.63) is 65.9 Å². The first-order valence-electron chi connectivity index (χ1n) is 8.93. The molecule has 0 spiro atoms. The number of nitrogens with two attached hydrogens (primary N) is 1. The maximum absolute atomic E-state index is 12.0. The molecule has 0 bridgehead atoms. The number of anilines is 1. The van der Waals surface area contributed by atoms with Crippen LogP contribution < -0.4 is 5.73 Å². The fourth-order valence-electron chi connectivity index (χ4n) is 3.06. The minimum Gasteiger partial charge on any atom is -0.462 e. The van der Waals surface area contributed by atoms with Gasteiger partial charge in [0.05, 0.1) is 12.8 Å². The van der Waals surface area contributed by atoms with Gasteiger partial charge in [0.2, 0.25) is 0 Å². The van der Waals surface area contributed by atoms with Crippen molar-refractivity contribution in [3.8, 4) is 17.1 Å². The van der Waals surface area contributed by atoms with Crippen LogP contribution in [0.5, 0.6) is 0 Å². The zero-order chi connectivity index (χ0) is 19.7. The van der Waals surface area contributed by atoms with Crippen molar-refractivity contribution >= 4 is 22.6 Å². The molecule has 0 fully saturated rings. The predicted molar refractivity (Wildman–Crippen MR) is 107 cm³/mol. The summed E-state index contributed by atoms with van der Waals surface area (Å²) < 4.78 is 6.44. The van der Waals surface area contributed by atoms with E-state index in [4.69, 9.17) is 10.5 Å². The number of fused-ring (bicyclic) bond motifs is 1. The molecule has 0 saturated carbocycles. The predicted octanol–water partition coefficient (Wildman–Crippen LogP) is 3.55. The van der Waals surface area contributed by atoms with Crippen molar-refractivity contribution in [2.75, 3.05) is 12.3 Å². The van der Waals surface area contributed by atoms with E-state index in [1.165, 1.54) is 16.4 Å². The summed E-state index contributed by atoms with van der Waals surface area (Å²) in [5, 5.41) is 14.8. The normalized spacial score (nSPS) is 10.9. The molecule has 2 heterocycles. The lowest BCUT2D eigenvalue weighted by atomic mass is 10.0. The monoisotopic (exact) mass is 373 g/mol. The molecule has 4 rings (SSSR count). The second kappa shape index (κ2) is 7.11. The van der Waals surface area contributed by atoms with Gasteiger partial charge in [-0.2, -0.15) is 9.78 Å². The van der Waals surface area contributed by atoms with E-state index < -0.39 is 5.97 Å². The average molecular weight is 373 g/mol. The Hall–Kier alpha value is -3.74. The van der Waals surface area contributed by atoms with Crippen molar-refractivity contribution in [3.63, 3.8) is 0 Å². The first-order chi connectivity index (χ1) is 13.6. The largest absolute Gasteiger partial charge is 0.462 e. The smallest absolute Gasteiger partial charge is 0.343 e. The average Bonchev–Trinajstić information content (AvgIpc) is 3.09. The van der Waals surface area contributed by atoms with Gasteiger partial charge in [-0.3, -0.25) is 0 Å². The van der Waals surface area contributed by atoms with Gasteiger partial charge < -0.3 is 10.5 Å². The minimum atomic E-state index is -0.514. The van der Waals surface area contributed by atoms with E-state index in [9.17, 15) is 4.79 Å². The topological polar surface area (TPSA) is 95.9 Å². The molecule has 4 aromatic rings. The molecule has 0 aliphatic carbocycles. The Kier molecular flexibility index (Phi) is 4.49. The van der Waals surface area contributed by atoms with E-state index in [-0.39, 0.29) is 18.0 Å². The highest BCUT2D eigenvalue weighted by molar-refractivity contribution is 5.99. The first kappa shape index (κ1) is 17.7. The van der Waals surface area contributed by atoms with Crippen molar-refractivity contribution in [1.29, 1.82) is 0 Å². The van der Waals surface area contributed by atoms with Crippen LogP contribution in [-0.4, -0.2) is 32.6 Å². The number of nitrogen functional groups attached to an aromatic ring is 1. The molecule has 2 aromatic carbocycles. The van der Waals surface area contributed by atoms with Gasteiger partial charge in [0, 0.05) is 16.3 Å². The zero-order valence-electron chi connectivity index (χ0n) is 15.6. The number of ether oxygens (including phenoxy) is 1. The molecule has 0 aliphatic rings. The van der Waals surface area contributed by atoms with Gasteiger partial charge in [-0.05, 0) is 13.8 Å². The minimum absolute atomic E-state index is 0.168. The van der Waals surface area contributed by atoms with Crippen LogP contribution in [0.1, 0.15) is 22.8 Å². The number of rotatable bonds is 4. The molecule has 2 aromatic heterocycles. The van der Waals surface area contributed by atoms with E-state index in [1.807, 2.05) is 55.5 Å². The van der Waals surface area contributed by atoms with Gasteiger partial charge in [-0.1, -0.05) is 54.1 Å². The maximum atomic E-state index is 12.0. The molecule has 7 nitrogen and oxygen atoms in total. The second-order valence-electron chi connectivity index (χ2n) is 6.36. The molecular weight excluding hydrogens is 354 g/mol. The number of aromatic nitrogens is 4. The summed E-state index contributed by atoms with van der Waals surface area (Å²) in [6.07, 6.45) is 1.39. The second-order valence-corrected chi connectivity index (χ2v) is 6.36. The van der Waals surface area contributed by atoms with E-state index in [1.54, 1.807) is 6.92 Å². The molecule has 140 valence electrons. The Morgan fingerprint density at radius 3 is 2.50 bits per heavy atom. The number of carbonyl (C=O) groups is 1. The number of esters is 1. The van der Waals surface area contributed by atoms with Crippen LogP contribution in [0.2, 0.25) is 0 Å². The van der Waals surface area contributed by atoms with Crippen LogP contribution in [0, 0.1) is 6.92 Å². The van der Waals surface area contributed by atoms with E-state index in [2.05, 4.69) is 15.3 Å². The van der Waals surface area contributed by atoms with E-state index >= 15 is 0 Å². The fourth-order valence-corrected chi connectivity index (χ4v) is 3.06. The summed E-state index contributed by atoms with van der Waals surface area (Å²) in [5.74, 6) is 0.111. The van der Waals surface area contributed by atoms with Crippen LogP contribution in [-0.2, 0) is 4.74 Å². The number of aryl methyl sites for hydroxylation is 1. The van der Waals surface area contributed by atoms with Crippen molar-refractivity contribution in [2.45, 2.75) is 13.8 Å². The SMILES string of the molecule is CCOC(=O)c1cnn(-c2nnc(-c3ccc(C)cc3)c3ccccc23)c1N. The number of hydrogen-bond donors (Lipinski definition) is 1. The molecule has 0 amide bonds. The van der Waals surface area contributed by atoms with Gasteiger partial charge in [0.15, 0.2) is 5.82 Å². The first-order valence-corrected chi connectivity index (χ1v) is 8.93. The summed E-state index contributed by atoms with van der Waals surface area (Å²) in [6.45, 7) is 4.04. The molecule has 0 radical (unpaired) electrons. The van der Waals surface area contributed by atoms with Gasteiger partial charge in [0.1, 0.15) is 17.1 Å². The van der Waals surface area contributed by atoms with E-state index in [0.29, 0.717) is 5.82 Å². The molecule has 0 unspecified atom stereocenters. The summed E-state index contributed by atoms with van der Waals surface area (Å²) in [6, 6.07) is 15.9. The number of nitrogens with zero attached hydrogens (tertiary/aromatic N) is 4. The Morgan fingerprint density at radius 1 is 1.07 bits per heavy atom. The number of benzene rings is 2. The summed E-state index contributed by atoms with van der Waals surface area (Å²) >= 11 is 0. The Labute approximate surface area is 161 Å². The van der Waals surface area contributed by atoms with Crippen LogP contribution in [0.25, 0.3) is 27.8 Å². The molecule has 0 aliphatic heterocycles. The van der Waals surface area contributed by atoms with Crippen molar-refractivity contribution < 1.29 is 9.53 Å². The third-order valence-corrected chi connectivity index (χ3v) is 4.50. The number of carbonyl (C=O) groups excluding carboxylic acids is 1. The lowest BCUT2D eigenvalue weighted by molar-refractivity contribution is 0.0527. The van der Waals surface area contributed by atoms with Gasteiger partial charge in [-0.15, -0.1) is 10.2 Å². The van der Waals surface area contributed by atoms with Crippen molar-refractivity contribution in [2.24, 2.45) is 0 Å². The van der Waals surface area contributed by atoms with Crippen LogP contribution in [0.4, 0.5) is 5.82 Å². The van der Waals surface area contributed by atoms with Crippen LogP contribution >= 0.6 is 0 Å². The lowest BCUT2D eigenvalue weighted by Crippen LogP contribution is -2.10. The molecule has 2 N–H and O–H groups in total. The van der Waals surface area contributed by atoms with Crippen LogP contribution in [0.3, 0.4) is 0 Å². The Morgan fingerprint density at radius 2 is 1.79 bits per heavy atom. The molecule has 0 saturated heterocycles.